The Balaban J connectivity index is 4.03. The van der Waals surface area contributed by atoms with Crippen LogP contribution in [-0.2, 0) is 14.4 Å². The van der Waals surface area contributed by atoms with Crippen LogP contribution in [-0.4, -0.2) is 47.4 Å². The number of amides is 2. The van der Waals surface area contributed by atoms with Crippen molar-refractivity contribution in [2.75, 3.05) is 19.6 Å². The molecule has 0 atom stereocenters. The zero-order valence-electron chi connectivity index (χ0n) is 7.60. The molecule has 0 aliphatic rings. The highest BCUT2D eigenvalue weighted by molar-refractivity contribution is 5.79. The van der Waals surface area contributed by atoms with Crippen LogP contribution in [0, 0.1) is 0 Å². The molecule has 0 rings (SSSR count). The zero-order chi connectivity index (χ0) is 11.1. The maximum Gasteiger partial charge on any atom is 0.304 e. The lowest BCUT2D eigenvalue weighted by molar-refractivity contribution is -0.138. The van der Waals surface area contributed by atoms with Crippen LogP contribution in [0.4, 0.5) is 0 Å². The number of aliphatic carboxylic acids is 1. The number of hydrogen-bond acceptors (Lipinski definition) is 4. The van der Waals surface area contributed by atoms with Gasteiger partial charge in [-0.15, -0.1) is 0 Å². The fourth-order valence-electron chi connectivity index (χ4n) is 0.909. The largest absolute Gasteiger partial charge is 0.481 e. The van der Waals surface area contributed by atoms with Gasteiger partial charge in [0.05, 0.1) is 19.5 Å². The van der Waals surface area contributed by atoms with Gasteiger partial charge >= 0.3 is 5.97 Å². The van der Waals surface area contributed by atoms with Gasteiger partial charge < -0.3 is 16.6 Å². The SMILES string of the molecule is NC(=O)CN(CCC(=O)O)CC(N)=O. The molecular weight excluding hydrogens is 190 g/mol. The third-order valence-electron chi connectivity index (χ3n) is 1.40. The van der Waals surface area contributed by atoms with Crippen molar-refractivity contribution in [2.24, 2.45) is 11.5 Å². The first-order valence-electron chi connectivity index (χ1n) is 3.92. The summed E-state index contributed by atoms with van der Waals surface area (Å²) in [6.45, 7) is -0.270. The Morgan fingerprint density at radius 2 is 1.50 bits per heavy atom. The van der Waals surface area contributed by atoms with E-state index in [1.165, 1.54) is 4.90 Å². The fraction of sp³-hybridized carbons (Fsp3) is 0.571. The second kappa shape index (κ2) is 5.92. The molecule has 0 saturated carbocycles. The molecule has 0 heterocycles. The number of nitrogens with zero attached hydrogens (tertiary/aromatic N) is 1. The van der Waals surface area contributed by atoms with E-state index in [0.717, 1.165) is 0 Å². The van der Waals surface area contributed by atoms with E-state index in [2.05, 4.69) is 0 Å². The normalized spacial score (nSPS) is 10.1. The molecule has 0 fully saturated rings. The number of nitrogens with two attached hydrogens (primary N) is 2. The van der Waals surface area contributed by atoms with Gasteiger partial charge in [0, 0.05) is 6.54 Å². The van der Waals surface area contributed by atoms with Crippen molar-refractivity contribution in [1.82, 2.24) is 4.90 Å². The Labute approximate surface area is 80.6 Å². The summed E-state index contributed by atoms with van der Waals surface area (Å²) in [6.07, 6.45) is -0.166. The Hall–Kier alpha value is -1.63. The summed E-state index contributed by atoms with van der Waals surface area (Å²) in [4.78, 5) is 32.5. The summed E-state index contributed by atoms with van der Waals surface area (Å²) in [5.74, 6) is -2.27. The first-order valence-corrected chi connectivity index (χ1v) is 3.92. The van der Waals surface area contributed by atoms with Crippen molar-refractivity contribution in [3.8, 4) is 0 Å². The van der Waals surface area contributed by atoms with Crippen molar-refractivity contribution in [3.63, 3.8) is 0 Å². The molecule has 7 heteroatoms. The summed E-state index contributed by atoms with van der Waals surface area (Å²) in [5, 5.41) is 8.37. The molecule has 0 unspecified atom stereocenters. The van der Waals surface area contributed by atoms with E-state index in [0.29, 0.717) is 0 Å². The highest BCUT2D eigenvalue weighted by atomic mass is 16.4. The number of carbonyl (C=O) groups excluding carboxylic acids is 2. The summed E-state index contributed by atoms with van der Waals surface area (Å²) in [7, 11) is 0. The number of rotatable bonds is 7. The second-order valence-corrected chi connectivity index (χ2v) is 2.79. The molecule has 0 aromatic heterocycles. The van der Waals surface area contributed by atoms with Crippen LogP contribution in [0.15, 0.2) is 0 Å². The van der Waals surface area contributed by atoms with E-state index in [1.54, 1.807) is 0 Å². The van der Waals surface area contributed by atoms with Gasteiger partial charge in [0.1, 0.15) is 0 Å². The van der Waals surface area contributed by atoms with E-state index in [9.17, 15) is 14.4 Å². The lowest BCUT2D eigenvalue weighted by Gasteiger charge is -2.17. The van der Waals surface area contributed by atoms with E-state index in [4.69, 9.17) is 16.6 Å². The topological polar surface area (TPSA) is 127 Å². The average molecular weight is 203 g/mol. The molecule has 0 aromatic rings. The minimum Gasteiger partial charge on any atom is -0.481 e. The lowest BCUT2D eigenvalue weighted by atomic mass is 10.3. The Kier molecular flexibility index (Phi) is 5.23. The van der Waals surface area contributed by atoms with Crippen molar-refractivity contribution < 1.29 is 19.5 Å². The van der Waals surface area contributed by atoms with Crippen LogP contribution in [0.2, 0.25) is 0 Å². The van der Waals surface area contributed by atoms with Gasteiger partial charge in [0.15, 0.2) is 0 Å². The van der Waals surface area contributed by atoms with E-state index in [-0.39, 0.29) is 26.1 Å². The lowest BCUT2D eigenvalue weighted by Crippen LogP contribution is -2.40. The molecule has 7 nitrogen and oxygen atoms in total. The van der Waals surface area contributed by atoms with Crippen molar-refractivity contribution in [2.45, 2.75) is 6.42 Å². The Bertz CT molecular complexity index is 225. The van der Waals surface area contributed by atoms with Gasteiger partial charge in [-0.3, -0.25) is 19.3 Å². The number of carboxylic acids is 1. The monoisotopic (exact) mass is 203 g/mol. The van der Waals surface area contributed by atoms with Crippen LogP contribution in [0.3, 0.4) is 0 Å². The standard InChI is InChI=1S/C7H13N3O4/c8-5(11)3-10(4-6(9)12)2-1-7(13)14/h1-4H2,(H2,8,11)(H2,9,12)(H,13,14). The molecule has 0 bridgehead atoms. The molecular formula is C7H13N3O4. The van der Waals surface area contributed by atoms with E-state index >= 15 is 0 Å². The minimum absolute atomic E-state index is 0.0706. The van der Waals surface area contributed by atoms with Crippen LogP contribution in [0.1, 0.15) is 6.42 Å². The molecule has 2 amide bonds. The van der Waals surface area contributed by atoms with Crippen molar-refractivity contribution >= 4 is 17.8 Å². The number of carbonyl (C=O) groups is 3. The summed E-state index contributed by atoms with van der Waals surface area (Å²) < 4.78 is 0. The second-order valence-electron chi connectivity index (χ2n) is 2.79. The predicted octanol–water partition coefficient (Wildman–Crippen LogP) is -2.27. The fourth-order valence-corrected chi connectivity index (χ4v) is 0.909. The van der Waals surface area contributed by atoms with Gasteiger partial charge in [0.25, 0.3) is 0 Å². The first kappa shape index (κ1) is 12.4. The summed E-state index contributed by atoms with van der Waals surface area (Å²) >= 11 is 0. The van der Waals surface area contributed by atoms with Crippen molar-refractivity contribution in [3.05, 3.63) is 0 Å². The highest BCUT2D eigenvalue weighted by Gasteiger charge is 2.12. The maximum atomic E-state index is 10.5. The smallest absolute Gasteiger partial charge is 0.304 e. The summed E-state index contributed by atoms with van der Waals surface area (Å²) in [6, 6.07) is 0. The van der Waals surface area contributed by atoms with E-state index in [1.807, 2.05) is 0 Å². The average Bonchev–Trinajstić information content (AvgIpc) is 1.97. The molecule has 14 heavy (non-hydrogen) atoms. The molecule has 0 spiro atoms. The molecule has 80 valence electrons. The van der Waals surface area contributed by atoms with Gasteiger partial charge in [-0.05, 0) is 0 Å². The highest BCUT2D eigenvalue weighted by Crippen LogP contribution is 1.90. The van der Waals surface area contributed by atoms with Crippen LogP contribution >= 0.6 is 0 Å². The van der Waals surface area contributed by atoms with Gasteiger partial charge in [-0.2, -0.15) is 0 Å². The summed E-state index contributed by atoms with van der Waals surface area (Å²) in [5.41, 5.74) is 9.79. The molecule has 5 N–H and O–H groups in total. The van der Waals surface area contributed by atoms with Gasteiger partial charge in [-0.1, -0.05) is 0 Å². The number of carboxylic acid groups (broad SMARTS) is 1. The first-order chi connectivity index (χ1) is 6.41. The number of primary amides is 2. The zero-order valence-corrected chi connectivity index (χ0v) is 7.60. The van der Waals surface area contributed by atoms with Crippen LogP contribution in [0.5, 0.6) is 0 Å². The van der Waals surface area contributed by atoms with Gasteiger partial charge in [0.2, 0.25) is 11.8 Å². The Morgan fingerprint density at radius 1 is 1.07 bits per heavy atom. The van der Waals surface area contributed by atoms with Crippen molar-refractivity contribution in [1.29, 1.82) is 0 Å². The third kappa shape index (κ3) is 7.04. The maximum absolute atomic E-state index is 10.5. The van der Waals surface area contributed by atoms with Gasteiger partial charge in [-0.25, -0.2) is 0 Å². The predicted molar refractivity (Wildman–Crippen MR) is 47.1 cm³/mol. The van der Waals surface area contributed by atoms with Crippen LogP contribution < -0.4 is 11.5 Å². The van der Waals surface area contributed by atoms with E-state index < -0.39 is 17.8 Å². The Morgan fingerprint density at radius 3 is 1.79 bits per heavy atom. The minimum atomic E-state index is -1.01. The molecule has 0 radical (unpaired) electrons. The third-order valence-corrected chi connectivity index (χ3v) is 1.40. The molecule has 0 saturated heterocycles. The molecule has 0 aromatic carbocycles. The van der Waals surface area contributed by atoms with Crippen LogP contribution in [0.25, 0.3) is 0 Å². The number of hydrogen-bond donors (Lipinski definition) is 3. The molecule has 0 aliphatic carbocycles. The quantitative estimate of drug-likeness (QED) is 0.430. The molecule has 0 aliphatic heterocycles.